The molecule has 1 aliphatic rings. The van der Waals surface area contributed by atoms with Gasteiger partial charge in [-0.3, -0.25) is 0 Å². The standard InChI is InChI=1S/C13H15F2NO4/c1-7-13(19,2-3-20-7)6-16-11-9(14)4-8(12(17)18)5-10(11)15/h4-5,7,16,19H,2-3,6H2,1H3,(H,17,18). The first kappa shape index (κ1) is 14.7. The van der Waals surface area contributed by atoms with Gasteiger partial charge in [-0.1, -0.05) is 0 Å². The molecule has 7 heteroatoms. The summed E-state index contributed by atoms with van der Waals surface area (Å²) in [6.07, 6.45) is -0.0862. The molecule has 0 spiro atoms. The highest BCUT2D eigenvalue weighted by Gasteiger charge is 2.39. The quantitative estimate of drug-likeness (QED) is 0.784. The largest absolute Gasteiger partial charge is 0.478 e. The third-order valence-electron chi connectivity index (χ3n) is 3.52. The minimum absolute atomic E-state index is 0.0889. The summed E-state index contributed by atoms with van der Waals surface area (Å²) in [4.78, 5) is 10.7. The Morgan fingerprint density at radius 3 is 2.55 bits per heavy atom. The summed E-state index contributed by atoms with van der Waals surface area (Å²) < 4.78 is 32.6. The van der Waals surface area contributed by atoms with E-state index in [-0.39, 0.29) is 6.54 Å². The number of rotatable bonds is 4. The first-order valence-electron chi connectivity index (χ1n) is 6.14. The number of anilines is 1. The molecule has 5 nitrogen and oxygen atoms in total. The smallest absolute Gasteiger partial charge is 0.335 e. The number of carboxylic acids is 1. The topological polar surface area (TPSA) is 78.8 Å². The van der Waals surface area contributed by atoms with Gasteiger partial charge in [-0.15, -0.1) is 0 Å². The number of hydrogen-bond acceptors (Lipinski definition) is 4. The third kappa shape index (κ3) is 2.73. The fraction of sp³-hybridized carbons (Fsp3) is 0.462. The lowest BCUT2D eigenvalue weighted by Crippen LogP contribution is -2.43. The Bertz CT molecular complexity index is 514. The molecule has 20 heavy (non-hydrogen) atoms. The first-order chi connectivity index (χ1) is 9.33. The lowest BCUT2D eigenvalue weighted by molar-refractivity contribution is -0.0176. The van der Waals surface area contributed by atoms with Crippen LogP contribution in [-0.4, -0.2) is 41.0 Å². The van der Waals surface area contributed by atoms with E-state index in [9.17, 15) is 18.7 Å². The molecule has 110 valence electrons. The summed E-state index contributed by atoms with van der Waals surface area (Å²) >= 11 is 0. The minimum atomic E-state index is -1.41. The number of aliphatic hydroxyl groups is 1. The summed E-state index contributed by atoms with van der Waals surface area (Å²) in [5.41, 5.74) is -2.13. The van der Waals surface area contributed by atoms with Crippen LogP contribution in [0.5, 0.6) is 0 Å². The lowest BCUT2D eigenvalue weighted by atomic mass is 9.96. The number of carboxylic acid groups (broad SMARTS) is 1. The fourth-order valence-electron chi connectivity index (χ4n) is 2.11. The van der Waals surface area contributed by atoms with E-state index < -0.39 is 40.6 Å². The van der Waals surface area contributed by atoms with Crippen molar-refractivity contribution in [2.24, 2.45) is 0 Å². The highest BCUT2D eigenvalue weighted by Crippen LogP contribution is 2.28. The van der Waals surface area contributed by atoms with E-state index in [2.05, 4.69) is 5.32 Å². The molecule has 0 aliphatic carbocycles. The molecular formula is C13H15F2NO4. The van der Waals surface area contributed by atoms with Crippen molar-refractivity contribution < 1.29 is 28.5 Å². The fourth-order valence-corrected chi connectivity index (χ4v) is 2.11. The van der Waals surface area contributed by atoms with Crippen LogP contribution < -0.4 is 5.32 Å². The second kappa shape index (κ2) is 5.34. The molecule has 2 atom stereocenters. The number of halogens is 2. The average molecular weight is 287 g/mol. The van der Waals surface area contributed by atoms with Gasteiger partial charge in [0, 0.05) is 19.6 Å². The van der Waals surface area contributed by atoms with E-state index in [0.717, 1.165) is 12.1 Å². The van der Waals surface area contributed by atoms with Gasteiger partial charge >= 0.3 is 5.97 Å². The predicted octanol–water partition coefficient (Wildman–Crippen LogP) is 1.61. The molecule has 3 N–H and O–H groups in total. The van der Waals surface area contributed by atoms with Crippen LogP contribution in [0.15, 0.2) is 12.1 Å². The van der Waals surface area contributed by atoms with Gasteiger partial charge in [-0.05, 0) is 19.1 Å². The van der Waals surface area contributed by atoms with Gasteiger partial charge in [-0.25, -0.2) is 13.6 Å². The predicted molar refractivity (Wildman–Crippen MR) is 66.8 cm³/mol. The normalized spacial score (nSPS) is 25.7. The van der Waals surface area contributed by atoms with Gasteiger partial charge in [0.1, 0.15) is 22.9 Å². The Labute approximate surface area is 114 Å². The van der Waals surface area contributed by atoms with E-state index in [1.807, 2.05) is 0 Å². The first-order valence-corrected chi connectivity index (χ1v) is 6.14. The van der Waals surface area contributed by atoms with E-state index in [1.54, 1.807) is 6.92 Å². The monoisotopic (exact) mass is 287 g/mol. The molecule has 1 fully saturated rings. The van der Waals surface area contributed by atoms with Crippen molar-refractivity contribution in [1.29, 1.82) is 0 Å². The molecule has 1 aromatic rings. The summed E-state index contributed by atoms with van der Waals surface area (Å²) in [6, 6.07) is 1.46. The van der Waals surface area contributed by atoms with Gasteiger partial charge in [0.15, 0.2) is 0 Å². The molecule has 2 rings (SSSR count). The highest BCUT2D eigenvalue weighted by molar-refractivity contribution is 5.88. The average Bonchev–Trinajstić information content (AvgIpc) is 2.68. The second-order valence-electron chi connectivity index (χ2n) is 4.84. The van der Waals surface area contributed by atoms with Crippen LogP contribution in [0, 0.1) is 11.6 Å². The van der Waals surface area contributed by atoms with Crippen LogP contribution in [0.3, 0.4) is 0 Å². The summed E-state index contributed by atoms with van der Waals surface area (Å²) in [5.74, 6) is -3.44. The number of carbonyl (C=O) groups is 1. The number of benzene rings is 1. The Hall–Kier alpha value is -1.73. The van der Waals surface area contributed by atoms with Crippen molar-refractivity contribution in [2.75, 3.05) is 18.5 Å². The van der Waals surface area contributed by atoms with Crippen LogP contribution in [0.2, 0.25) is 0 Å². The molecule has 1 heterocycles. The summed E-state index contributed by atoms with van der Waals surface area (Å²) in [7, 11) is 0. The zero-order valence-electron chi connectivity index (χ0n) is 10.8. The zero-order chi connectivity index (χ0) is 14.9. The Morgan fingerprint density at radius 2 is 2.10 bits per heavy atom. The molecule has 0 aromatic heterocycles. The Balaban J connectivity index is 2.16. The van der Waals surface area contributed by atoms with E-state index in [0.29, 0.717) is 13.0 Å². The van der Waals surface area contributed by atoms with Gasteiger partial charge in [0.2, 0.25) is 0 Å². The Kier molecular flexibility index (Phi) is 3.92. The van der Waals surface area contributed by atoms with Crippen LogP contribution >= 0.6 is 0 Å². The molecule has 1 saturated heterocycles. The number of nitrogens with one attached hydrogen (secondary N) is 1. The van der Waals surface area contributed by atoms with Crippen molar-refractivity contribution >= 4 is 11.7 Å². The third-order valence-corrected chi connectivity index (χ3v) is 3.52. The lowest BCUT2D eigenvalue weighted by Gasteiger charge is -2.26. The summed E-state index contributed by atoms with van der Waals surface area (Å²) in [6.45, 7) is 1.96. The molecule has 2 unspecified atom stereocenters. The van der Waals surface area contributed by atoms with Crippen molar-refractivity contribution in [3.8, 4) is 0 Å². The van der Waals surface area contributed by atoms with Gasteiger partial charge in [0.25, 0.3) is 0 Å². The summed E-state index contributed by atoms with van der Waals surface area (Å²) in [5, 5.41) is 21.4. The SMILES string of the molecule is CC1OCCC1(O)CNc1c(F)cc(C(=O)O)cc1F. The molecule has 0 radical (unpaired) electrons. The molecule has 1 aliphatic heterocycles. The highest BCUT2D eigenvalue weighted by atomic mass is 19.1. The van der Waals surface area contributed by atoms with Crippen molar-refractivity contribution in [3.63, 3.8) is 0 Å². The van der Waals surface area contributed by atoms with E-state index >= 15 is 0 Å². The van der Waals surface area contributed by atoms with Crippen molar-refractivity contribution in [3.05, 3.63) is 29.3 Å². The molecule has 1 aromatic carbocycles. The van der Waals surface area contributed by atoms with Crippen LogP contribution in [0.25, 0.3) is 0 Å². The van der Waals surface area contributed by atoms with Gasteiger partial charge in [-0.2, -0.15) is 0 Å². The molecule has 0 amide bonds. The second-order valence-corrected chi connectivity index (χ2v) is 4.84. The Morgan fingerprint density at radius 1 is 1.50 bits per heavy atom. The van der Waals surface area contributed by atoms with Crippen molar-refractivity contribution in [2.45, 2.75) is 25.0 Å². The maximum Gasteiger partial charge on any atom is 0.335 e. The van der Waals surface area contributed by atoms with E-state index in [4.69, 9.17) is 9.84 Å². The number of aromatic carboxylic acids is 1. The van der Waals surface area contributed by atoms with Crippen LogP contribution in [0.4, 0.5) is 14.5 Å². The van der Waals surface area contributed by atoms with Crippen LogP contribution in [0.1, 0.15) is 23.7 Å². The maximum absolute atomic E-state index is 13.7. The number of ether oxygens (including phenoxy) is 1. The molecule has 0 bridgehead atoms. The number of hydrogen-bond donors (Lipinski definition) is 3. The molecule has 0 saturated carbocycles. The maximum atomic E-state index is 13.7. The van der Waals surface area contributed by atoms with Crippen molar-refractivity contribution in [1.82, 2.24) is 0 Å². The zero-order valence-corrected chi connectivity index (χ0v) is 10.8. The molecular weight excluding hydrogens is 272 g/mol. The van der Waals surface area contributed by atoms with E-state index in [1.165, 1.54) is 0 Å². The van der Waals surface area contributed by atoms with Gasteiger partial charge in [0.05, 0.1) is 11.7 Å². The van der Waals surface area contributed by atoms with Gasteiger partial charge < -0.3 is 20.3 Å². The van der Waals surface area contributed by atoms with Crippen LogP contribution in [-0.2, 0) is 4.74 Å². The minimum Gasteiger partial charge on any atom is -0.478 e.